The number of hydrogen-bond acceptors (Lipinski definition) is 3. The van der Waals surface area contributed by atoms with E-state index in [1.165, 1.54) is 25.7 Å². The van der Waals surface area contributed by atoms with Crippen LogP contribution in [0.2, 0.25) is 0 Å². The van der Waals surface area contributed by atoms with Gasteiger partial charge in [0.15, 0.2) is 0 Å². The molecule has 1 aliphatic carbocycles. The van der Waals surface area contributed by atoms with Crippen molar-refractivity contribution in [2.75, 3.05) is 19.8 Å². The lowest BCUT2D eigenvalue weighted by Gasteiger charge is -2.35. The van der Waals surface area contributed by atoms with E-state index in [0.717, 1.165) is 32.3 Å². The Hall–Kier alpha value is -0.610. The fourth-order valence-corrected chi connectivity index (χ4v) is 3.23. The van der Waals surface area contributed by atoms with E-state index in [9.17, 15) is 9.90 Å². The van der Waals surface area contributed by atoms with Crippen molar-refractivity contribution < 1.29 is 14.6 Å². The van der Waals surface area contributed by atoms with Gasteiger partial charge in [0.25, 0.3) is 0 Å². The second-order valence-electron chi connectivity index (χ2n) is 6.19. The molecule has 0 aromatic heterocycles. The first-order valence-electron chi connectivity index (χ1n) is 7.73. The lowest BCUT2D eigenvalue weighted by atomic mass is 9.74. The second-order valence-corrected chi connectivity index (χ2v) is 6.19. The summed E-state index contributed by atoms with van der Waals surface area (Å²) < 4.78 is 5.58. The molecule has 1 unspecified atom stereocenters. The number of nitrogens with one attached hydrogen (secondary N) is 1. The maximum Gasteiger partial charge on any atom is 0.222 e. The molecule has 1 atom stereocenters. The standard InChI is InChI=1S/C15H27NO3/c17-12-15(7-3-1-4-8-15)11-16-14(18)10-13-6-2-5-9-19-13/h13,17H,1-12H2,(H,16,18). The van der Waals surface area contributed by atoms with Gasteiger partial charge in [-0.05, 0) is 32.1 Å². The summed E-state index contributed by atoms with van der Waals surface area (Å²) in [4.78, 5) is 11.9. The quantitative estimate of drug-likeness (QED) is 0.802. The number of rotatable bonds is 5. The number of amides is 1. The molecule has 1 saturated carbocycles. The van der Waals surface area contributed by atoms with Crippen molar-refractivity contribution in [2.24, 2.45) is 5.41 Å². The monoisotopic (exact) mass is 269 g/mol. The molecule has 2 rings (SSSR count). The van der Waals surface area contributed by atoms with Crippen LogP contribution in [0.25, 0.3) is 0 Å². The zero-order valence-electron chi connectivity index (χ0n) is 11.8. The molecule has 0 spiro atoms. The van der Waals surface area contributed by atoms with Crippen LogP contribution in [-0.2, 0) is 9.53 Å². The van der Waals surface area contributed by atoms with E-state index in [-0.39, 0.29) is 24.0 Å². The minimum Gasteiger partial charge on any atom is -0.396 e. The zero-order valence-corrected chi connectivity index (χ0v) is 11.8. The van der Waals surface area contributed by atoms with Crippen LogP contribution in [0.3, 0.4) is 0 Å². The van der Waals surface area contributed by atoms with E-state index in [2.05, 4.69) is 5.32 Å². The molecule has 0 aromatic carbocycles. The molecular formula is C15H27NO3. The van der Waals surface area contributed by atoms with Crippen LogP contribution in [0, 0.1) is 5.41 Å². The first-order valence-corrected chi connectivity index (χ1v) is 7.73. The summed E-state index contributed by atoms with van der Waals surface area (Å²) >= 11 is 0. The number of ether oxygens (including phenoxy) is 1. The van der Waals surface area contributed by atoms with Crippen molar-refractivity contribution in [2.45, 2.75) is 63.9 Å². The van der Waals surface area contributed by atoms with Crippen LogP contribution in [0.1, 0.15) is 57.8 Å². The lowest BCUT2D eigenvalue weighted by Crippen LogP contribution is -2.42. The first kappa shape index (κ1) is 14.8. The van der Waals surface area contributed by atoms with E-state index < -0.39 is 0 Å². The molecule has 1 saturated heterocycles. The van der Waals surface area contributed by atoms with Gasteiger partial charge in [0.1, 0.15) is 0 Å². The molecule has 1 amide bonds. The van der Waals surface area contributed by atoms with E-state index in [1.807, 2.05) is 0 Å². The number of aliphatic hydroxyl groups excluding tert-OH is 1. The number of carbonyl (C=O) groups is 1. The van der Waals surface area contributed by atoms with Gasteiger partial charge < -0.3 is 15.2 Å². The van der Waals surface area contributed by atoms with E-state index >= 15 is 0 Å². The van der Waals surface area contributed by atoms with Crippen molar-refractivity contribution in [3.05, 3.63) is 0 Å². The second kappa shape index (κ2) is 7.25. The van der Waals surface area contributed by atoms with Crippen LogP contribution in [0.4, 0.5) is 0 Å². The molecule has 19 heavy (non-hydrogen) atoms. The fourth-order valence-electron chi connectivity index (χ4n) is 3.23. The molecular weight excluding hydrogens is 242 g/mol. The van der Waals surface area contributed by atoms with E-state index in [0.29, 0.717) is 13.0 Å². The SMILES string of the molecule is O=C(CC1CCCCO1)NCC1(CO)CCCCC1. The average Bonchev–Trinajstić information content (AvgIpc) is 2.47. The Labute approximate surface area is 115 Å². The Morgan fingerprint density at radius 2 is 2.00 bits per heavy atom. The first-order chi connectivity index (χ1) is 9.24. The van der Waals surface area contributed by atoms with Crippen molar-refractivity contribution in [3.8, 4) is 0 Å². The average molecular weight is 269 g/mol. The largest absolute Gasteiger partial charge is 0.396 e. The molecule has 1 aliphatic heterocycles. The van der Waals surface area contributed by atoms with Crippen molar-refractivity contribution >= 4 is 5.91 Å². The van der Waals surface area contributed by atoms with Crippen molar-refractivity contribution in [1.82, 2.24) is 5.32 Å². The minimum absolute atomic E-state index is 0.0681. The maximum atomic E-state index is 11.9. The van der Waals surface area contributed by atoms with Crippen molar-refractivity contribution in [1.29, 1.82) is 0 Å². The Bertz CT molecular complexity index is 281. The topological polar surface area (TPSA) is 58.6 Å². The summed E-state index contributed by atoms with van der Waals surface area (Å²) in [7, 11) is 0. The zero-order chi connectivity index (χ0) is 13.6. The van der Waals surface area contributed by atoms with Gasteiger partial charge in [0.2, 0.25) is 5.91 Å². The van der Waals surface area contributed by atoms with Gasteiger partial charge in [-0.2, -0.15) is 0 Å². The summed E-state index contributed by atoms with van der Waals surface area (Å²) in [6, 6.07) is 0. The molecule has 0 bridgehead atoms. The van der Waals surface area contributed by atoms with Crippen LogP contribution in [-0.4, -0.2) is 36.9 Å². The molecule has 2 aliphatic rings. The maximum absolute atomic E-state index is 11.9. The van der Waals surface area contributed by atoms with Gasteiger partial charge in [-0.3, -0.25) is 4.79 Å². The third kappa shape index (κ3) is 4.46. The van der Waals surface area contributed by atoms with Crippen LogP contribution >= 0.6 is 0 Å². The predicted octanol–water partition coefficient (Wildman–Crippen LogP) is 2.00. The molecule has 4 heteroatoms. The normalized spacial score (nSPS) is 26.9. The third-order valence-electron chi connectivity index (χ3n) is 4.60. The highest BCUT2D eigenvalue weighted by atomic mass is 16.5. The molecule has 0 aromatic rings. The van der Waals surface area contributed by atoms with Crippen LogP contribution in [0.5, 0.6) is 0 Å². The number of hydrogen-bond donors (Lipinski definition) is 2. The van der Waals surface area contributed by atoms with Crippen LogP contribution < -0.4 is 5.32 Å². The van der Waals surface area contributed by atoms with E-state index in [4.69, 9.17) is 4.74 Å². The van der Waals surface area contributed by atoms with Gasteiger partial charge in [0.05, 0.1) is 19.1 Å². The Morgan fingerprint density at radius 3 is 2.63 bits per heavy atom. The highest BCUT2D eigenvalue weighted by molar-refractivity contribution is 5.76. The summed E-state index contributed by atoms with van der Waals surface area (Å²) in [5, 5.41) is 12.6. The molecule has 110 valence electrons. The molecule has 0 radical (unpaired) electrons. The van der Waals surface area contributed by atoms with Gasteiger partial charge in [-0.1, -0.05) is 19.3 Å². The van der Waals surface area contributed by atoms with Crippen LogP contribution in [0.15, 0.2) is 0 Å². The summed E-state index contributed by atoms with van der Waals surface area (Å²) in [5.74, 6) is 0.0744. The Kier molecular flexibility index (Phi) is 5.64. The highest BCUT2D eigenvalue weighted by Gasteiger charge is 2.31. The number of carbonyl (C=O) groups excluding carboxylic acids is 1. The minimum atomic E-state index is -0.0681. The smallest absolute Gasteiger partial charge is 0.222 e. The van der Waals surface area contributed by atoms with Crippen molar-refractivity contribution in [3.63, 3.8) is 0 Å². The predicted molar refractivity (Wildman–Crippen MR) is 73.8 cm³/mol. The summed E-state index contributed by atoms with van der Waals surface area (Å²) in [6.45, 7) is 1.60. The van der Waals surface area contributed by atoms with E-state index in [1.54, 1.807) is 0 Å². The van der Waals surface area contributed by atoms with Gasteiger partial charge >= 0.3 is 0 Å². The summed E-state index contributed by atoms with van der Waals surface area (Å²) in [6.07, 6.45) is 9.51. The molecule has 2 fully saturated rings. The molecule has 1 heterocycles. The lowest BCUT2D eigenvalue weighted by molar-refractivity contribution is -0.125. The Balaban J connectivity index is 1.72. The molecule has 4 nitrogen and oxygen atoms in total. The van der Waals surface area contributed by atoms with Gasteiger partial charge in [-0.25, -0.2) is 0 Å². The number of aliphatic hydroxyl groups is 1. The van der Waals surface area contributed by atoms with Gasteiger partial charge in [-0.15, -0.1) is 0 Å². The molecule has 2 N–H and O–H groups in total. The fraction of sp³-hybridized carbons (Fsp3) is 0.933. The highest BCUT2D eigenvalue weighted by Crippen LogP contribution is 2.35. The third-order valence-corrected chi connectivity index (χ3v) is 4.60. The Morgan fingerprint density at radius 1 is 1.21 bits per heavy atom. The van der Waals surface area contributed by atoms with Gasteiger partial charge in [0, 0.05) is 18.6 Å². The summed E-state index contributed by atoms with van der Waals surface area (Å²) in [5.41, 5.74) is -0.0681.